The molecular formula is C10H21N3O2. The minimum absolute atomic E-state index is 0.114. The Bertz CT molecular complexity index is 231. The summed E-state index contributed by atoms with van der Waals surface area (Å²) in [7, 11) is 0. The molecule has 5 heteroatoms. The van der Waals surface area contributed by atoms with Crippen LogP contribution in [0.15, 0.2) is 4.99 Å². The highest BCUT2D eigenvalue weighted by Crippen LogP contribution is 1.97. The van der Waals surface area contributed by atoms with E-state index in [9.17, 15) is 4.79 Å². The van der Waals surface area contributed by atoms with Gasteiger partial charge in [0.1, 0.15) is 0 Å². The lowest BCUT2D eigenvalue weighted by atomic mass is 10.1. The number of ether oxygens (including phenoxy) is 1. The summed E-state index contributed by atoms with van der Waals surface area (Å²) in [6.45, 7) is 8.49. The van der Waals surface area contributed by atoms with Gasteiger partial charge < -0.3 is 15.8 Å². The fourth-order valence-electron chi connectivity index (χ4n) is 0.925. The maximum absolute atomic E-state index is 11.0. The number of nitrogens with one attached hydrogen (secondary N) is 1. The van der Waals surface area contributed by atoms with Gasteiger partial charge in [0.15, 0.2) is 5.96 Å². The number of carbonyl (C=O) groups is 1. The van der Waals surface area contributed by atoms with Gasteiger partial charge >= 0.3 is 5.97 Å². The van der Waals surface area contributed by atoms with Crippen LogP contribution in [0.25, 0.3) is 0 Å². The molecule has 0 saturated heterocycles. The van der Waals surface area contributed by atoms with E-state index in [0.717, 1.165) is 0 Å². The molecule has 88 valence electrons. The van der Waals surface area contributed by atoms with Crippen molar-refractivity contribution in [3.8, 4) is 0 Å². The zero-order valence-corrected chi connectivity index (χ0v) is 9.96. The Morgan fingerprint density at radius 1 is 1.47 bits per heavy atom. The zero-order valence-electron chi connectivity index (χ0n) is 9.96. The van der Waals surface area contributed by atoms with Crippen LogP contribution in [0.4, 0.5) is 0 Å². The van der Waals surface area contributed by atoms with Gasteiger partial charge in [-0.25, -0.2) is 0 Å². The number of nitrogens with zero attached hydrogens (tertiary/aromatic N) is 1. The van der Waals surface area contributed by atoms with Gasteiger partial charge in [-0.1, -0.05) is 0 Å². The molecule has 0 fully saturated rings. The largest absolute Gasteiger partial charge is 0.466 e. The Kier molecular flexibility index (Phi) is 5.74. The summed E-state index contributed by atoms with van der Waals surface area (Å²) >= 11 is 0. The number of nitrogens with two attached hydrogens (primary N) is 1. The topological polar surface area (TPSA) is 76.7 Å². The lowest BCUT2D eigenvalue weighted by Crippen LogP contribution is -2.45. The first-order valence-corrected chi connectivity index (χ1v) is 5.09. The third-order valence-electron chi connectivity index (χ3n) is 1.41. The van der Waals surface area contributed by atoms with Crippen molar-refractivity contribution in [1.29, 1.82) is 0 Å². The van der Waals surface area contributed by atoms with Crippen molar-refractivity contribution in [2.75, 3.05) is 13.2 Å². The molecule has 0 aromatic carbocycles. The summed E-state index contributed by atoms with van der Waals surface area (Å²) in [4.78, 5) is 15.0. The van der Waals surface area contributed by atoms with E-state index in [1.165, 1.54) is 0 Å². The van der Waals surface area contributed by atoms with Gasteiger partial charge in [-0.15, -0.1) is 0 Å². The van der Waals surface area contributed by atoms with Crippen LogP contribution in [0, 0.1) is 0 Å². The molecule has 0 spiro atoms. The van der Waals surface area contributed by atoms with E-state index in [0.29, 0.717) is 19.1 Å². The molecule has 0 heterocycles. The van der Waals surface area contributed by atoms with E-state index in [4.69, 9.17) is 10.5 Å². The van der Waals surface area contributed by atoms with Crippen molar-refractivity contribution in [3.63, 3.8) is 0 Å². The van der Waals surface area contributed by atoms with Gasteiger partial charge in [-0.05, 0) is 27.7 Å². The molecule has 0 aliphatic carbocycles. The molecule has 0 radical (unpaired) electrons. The number of rotatable bonds is 4. The Morgan fingerprint density at radius 2 is 2.07 bits per heavy atom. The van der Waals surface area contributed by atoms with Crippen molar-refractivity contribution in [2.45, 2.75) is 39.7 Å². The molecule has 3 N–H and O–H groups in total. The summed E-state index contributed by atoms with van der Waals surface area (Å²) in [5.74, 6) is 0.108. The van der Waals surface area contributed by atoms with Crippen LogP contribution in [0.5, 0.6) is 0 Å². The van der Waals surface area contributed by atoms with E-state index < -0.39 is 0 Å². The molecule has 0 bridgehead atoms. The molecule has 0 amide bonds. The number of hydrogen-bond donors (Lipinski definition) is 2. The summed E-state index contributed by atoms with van der Waals surface area (Å²) in [5.41, 5.74) is 5.49. The Labute approximate surface area is 91.1 Å². The summed E-state index contributed by atoms with van der Waals surface area (Å²) < 4.78 is 4.76. The quantitative estimate of drug-likeness (QED) is 0.410. The fourth-order valence-corrected chi connectivity index (χ4v) is 0.925. The minimum atomic E-state index is -0.246. The third kappa shape index (κ3) is 9.05. The number of carbonyl (C=O) groups excluding carboxylic acids is 1. The van der Waals surface area contributed by atoms with Crippen LogP contribution in [-0.2, 0) is 9.53 Å². The first-order valence-electron chi connectivity index (χ1n) is 5.09. The molecule has 0 rings (SSSR count). The maximum atomic E-state index is 11.0. The normalized spacial score (nSPS) is 12.4. The van der Waals surface area contributed by atoms with Crippen LogP contribution in [-0.4, -0.2) is 30.6 Å². The molecule has 0 aromatic heterocycles. The maximum Gasteiger partial charge on any atom is 0.307 e. The second-order valence-corrected chi connectivity index (χ2v) is 4.20. The highest BCUT2D eigenvalue weighted by atomic mass is 16.5. The molecule has 0 atom stereocenters. The van der Waals surface area contributed by atoms with E-state index in [-0.39, 0.29) is 17.9 Å². The Morgan fingerprint density at radius 3 is 2.53 bits per heavy atom. The van der Waals surface area contributed by atoms with Crippen molar-refractivity contribution in [2.24, 2.45) is 10.7 Å². The molecule has 15 heavy (non-hydrogen) atoms. The van der Waals surface area contributed by atoms with E-state index in [1.807, 2.05) is 20.8 Å². The Hall–Kier alpha value is -1.26. The van der Waals surface area contributed by atoms with E-state index >= 15 is 0 Å². The van der Waals surface area contributed by atoms with Crippen molar-refractivity contribution >= 4 is 11.9 Å². The Balaban J connectivity index is 3.81. The predicted molar refractivity (Wildman–Crippen MR) is 60.6 cm³/mol. The van der Waals surface area contributed by atoms with Crippen molar-refractivity contribution < 1.29 is 9.53 Å². The predicted octanol–water partition coefficient (Wildman–Crippen LogP) is 0.642. The first kappa shape index (κ1) is 13.7. The van der Waals surface area contributed by atoms with Crippen molar-refractivity contribution in [1.82, 2.24) is 5.32 Å². The fraction of sp³-hybridized carbons (Fsp3) is 0.800. The number of guanidine groups is 1. The monoisotopic (exact) mass is 215 g/mol. The van der Waals surface area contributed by atoms with Crippen LogP contribution in [0.3, 0.4) is 0 Å². The van der Waals surface area contributed by atoms with Gasteiger partial charge in [0.25, 0.3) is 0 Å². The zero-order chi connectivity index (χ0) is 11.9. The van der Waals surface area contributed by atoms with Crippen molar-refractivity contribution in [3.05, 3.63) is 0 Å². The average molecular weight is 215 g/mol. The smallest absolute Gasteiger partial charge is 0.307 e. The molecule has 0 unspecified atom stereocenters. The molecule has 0 aromatic rings. The second kappa shape index (κ2) is 6.27. The van der Waals surface area contributed by atoms with Gasteiger partial charge in [0, 0.05) is 5.54 Å². The number of esters is 1. The van der Waals surface area contributed by atoms with Gasteiger partial charge in [0.2, 0.25) is 0 Å². The van der Waals surface area contributed by atoms with Crippen LogP contribution < -0.4 is 11.1 Å². The lowest BCUT2D eigenvalue weighted by Gasteiger charge is -2.20. The standard InChI is InChI=1S/C10H21N3O2/c1-5-15-8(14)6-7-12-9(11)13-10(2,3)4/h5-7H2,1-4H3,(H3,11,12,13). The van der Waals surface area contributed by atoms with Crippen LogP contribution in [0.1, 0.15) is 34.1 Å². The number of hydrogen-bond acceptors (Lipinski definition) is 3. The van der Waals surface area contributed by atoms with Crippen LogP contribution >= 0.6 is 0 Å². The first-order chi connectivity index (χ1) is 6.85. The van der Waals surface area contributed by atoms with Crippen LogP contribution in [0.2, 0.25) is 0 Å². The van der Waals surface area contributed by atoms with E-state index in [1.54, 1.807) is 6.92 Å². The van der Waals surface area contributed by atoms with Gasteiger partial charge in [-0.2, -0.15) is 0 Å². The summed E-state index contributed by atoms with van der Waals surface area (Å²) in [5, 5.41) is 3.00. The summed E-state index contributed by atoms with van der Waals surface area (Å²) in [6, 6.07) is 0. The van der Waals surface area contributed by atoms with E-state index in [2.05, 4.69) is 10.3 Å². The third-order valence-corrected chi connectivity index (χ3v) is 1.41. The second-order valence-electron chi connectivity index (χ2n) is 4.20. The highest BCUT2D eigenvalue weighted by Gasteiger charge is 2.09. The lowest BCUT2D eigenvalue weighted by molar-refractivity contribution is -0.142. The minimum Gasteiger partial charge on any atom is -0.466 e. The molecule has 0 aliphatic rings. The molecule has 0 aliphatic heterocycles. The van der Waals surface area contributed by atoms with Gasteiger partial charge in [0.05, 0.1) is 19.6 Å². The van der Waals surface area contributed by atoms with Gasteiger partial charge in [-0.3, -0.25) is 9.79 Å². The summed E-state index contributed by atoms with van der Waals surface area (Å²) in [6.07, 6.45) is 0.264. The SMILES string of the molecule is CCOC(=O)CCN=C(N)NC(C)(C)C. The molecule has 0 saturated carbocycles. The molecular weight excluding hydrogens is 194 g/mol. The number of aliphatic imine (C=N–C) groups is 1. The average Bonchev–Trinajstić information content (AvgIpc) is 2.00. The molecule has 5 nitrogen and oxygen atoms in total. The highest BCUT2D eigenvalue weighted by molar-refractivity contribution is 5.79.